The fourth-order valence-corrected chi connectivity index (χ4v) is 4.05. The van der Waals surface area contributed by atoms with Crippen LogP contribution in [0.25, 0.3) is 11.1 Å². The van der Waals surface area contributed by atoms with E-state index in [2.05, 4.69) is 5.32 Å². The number of nitrogens with one attached hydrogen (secondary N) is 1. The predicted octanol–water partition coefficient (Wildman–Crippen LogP) is 3.28. The number of methoxy groups -OCH3 is 3. The van der Waals surface area contributed by atoms with Crippen LogP contribution in [0.4, 0.5) is 0 Å². The summed E-state index contributed by atoms with van der Waals surface area (Å²) in [5, 5.41) is 3.09. The molecule has 2 atom stereocenters. The number of hydrogen-bond acceptors (Lipinski definition) is 6. The van der Waals surface area contributed by atoms with Crippen LogP contribution in [0, 0.1) is 0 Å². The van der Waals surface area contributed by atoms with E-state index >= 15 is 0 Å². The molecule has 1 fully saturated rings. The van der Waals surface area contributed by atoms with Crippen LogP contribution < -0.4 is 24.3 Å². The SMILES string of the molecule is COc1cc2c(c(OC)c1OC)-c1ccc(OCC3CO3)cc1[C@@H](NC(C)=O)CC2. The van der Waals surface area contributed by atoms with Crippen LogP contribution in [-0.2, 0) is 16.0 Å². The molecule has 1 N–H and O–H groups in total. The molecule has 1 aliphatic heterocycles. The van der Waals surface area contributed by atoms with Crippen LogP contribution in [0.2, 0.25) is 0 Å². The van der Waals surface area contributed by atoms with E-state index in [4.69, 9.17) is 23.7 Å². The Morgan fingerprint density at radius 3 is 2.53 bits per heavy atom. The van der Waals surface area contributed by atoms with Gasteiger partial charge in [-0.2, -0.15) is 0 Å². The number of aryl methyl sites for hydroxylation is 1. The highest BCUT2D eigenvalue weighted by Crippen LogP contribution is 2.50. The van der Waals surface area contributed by atoms with Gasteiger partial charge in [-0.15, -0.1) is 0 Å². The van der Waals surface area contributed by atoms with Gasteiger partial charge in [0.2, 0.25) is 11.7 Å². The second kappa shape index (κ2) is 8.44. The lowest BCUT2D eigenvalue weighted by Gasteiger charge is -2.21. The topological polar surface area (TPSA) is 78.6 Å². The minimum atomic E-state index is -0.146. The second-order valence-corrected chi connectivity index (χ2v) is 7.49. The van der Waals surface area contributed by atoms with Crippen molar-refractivity contribution in [3.63, 3.8) is 0 Å². The monoisotopic (exact) mass is 413 g/mol. The maximum atomic E-state index is 11.9. The van der Waals surface area contributed by atoms with Crippen LogP contribution in [0.15, 0.2) is 24.3 Å². The van der Waals surface area contributed by atoms with Gasteiger partial charge in [0.15, 0.2) is 11.5 Å². The van der Waals surface area contributed by atoms with E-state index in [1.165, 1.54) is 6.92 Å². The zero-order valence-corrected chi connectivity index (χ0v) is 17.7. The summed E-state index contributed by atoms with van der Waals surface area (Å²) >= 11 is 0. The lowest BCUT2D eigenvalue weighted by Crippen LogP contribution is -2.26. The second-order valence-electron chi connectivity index (χ2n) is 7.49. The van der Waals surface area contributed by atoms with Gasteiger partial charge >= 0.3 is 0 Å². The first-order valence-corrected chi connectivity index (χ1v) is 10.0. The molecule has 0 aromatic heterocycles. The van der Waals surface area contributed by atoms with Crippen molar-refractivity contribution in [1.29, 1.82) is 0 Å². The predicted molar refractivity (Wildman–Crippen MR) is 112 cm³/mol. The van der Waals surface area contributed by atoms with Crippen molar-refractivity contribution in [2.24, 2.45) is 0 Å². The minimum Gasteiger partial charge on any atom is -0.493 e. The van der Waals surface area contributed by atoms with E-state index in [0.717, 1.165) is 47.5 Å². The molecule has 2 aromatic carbocycles. The van der Waals surface area contributed by atoms with E-state index < -0.39 is 0 Å². The third kappa shape index (κ3) is 3.89. The van der Waals surface area contributed by atoms with Crippen molar-refractivity contribution in [1.82, 2.24) is 5.32 Å². The lowest BCUT2D eigenvalue weighted by atomic mass is 9.93. The van der Waals surface area contributed by atoms with Crippen molar-refractivity contribution in [3.8, 4) is 34.1 Å². The fourth-order valence-electron chi connectivity index (χ4n) is 4.05. The molecule has 1 saturated heterocycles. The van der Waals surface area contributed by atoms with E-state index in [9.17, 15) is 4.79 Å². The molecule has 30 heavy (non-hydrogen) atoms. The molecule has 1 amide bonds. The maximum absolute atomic E-state index is 11.9. The van der Waals surface area contributed by atoms with Crippen molar-refractivity contribution in [2.45, 2.75) is 31.9 Å². The van der Waals surface area contributed by atoms with Gasteiger partial charge in [0.1, 0.15) is 18.5 Å². The average molecular weight is 413 g/mol. The number of benzene rings is 2. The van der Waals surface area contributed by atoms with Gasteiger partial charge in [0.05, 0.1) is 34.0 Å². The Kier molecular flexibility index (Phi) is 5.72. The number of ether oxygens (including phenoxy) is 5. The quantitative estimate of drug-likeness (QED) is 0.702. The first kappa shape index (κ1) is 20.3. The standard InChI is InChI=1S/C23H27NO6/c1-13(25)24-19-8-5-14-9-20(26-2)22(27-3)23(28-4)21(14)17-7-6-15(10-18(17)19)29-11-16-12-30-16/h6-7,9-10,16,19H,5,8,11-12H2,1-4H3,(H,24,25)/t16?,19-/m0/s1. The number of hydrogen-bond donors (Lipinski definition) is 1. The summed E-state index contributed by atoms with van der Waals surface area (Å²) in [7, 11) is 4.84. The Bertz CT molecular complexity index is 953. The molecular formula is C23H27NO6. The van der Waals surface area contributed by atoms with Crippen molar-refractivity contribution >= 4 is 5.91 Å². The van der Waals surface area contributed by atoms with Crippen LogP contribution >= 0.6 is 0 Å². The van der Waals surface area contributed by atoms with Crippen LogP contribution in [0.3, 0.4) is 0 Å². The highest BCUT2D eigenvalue weighted by atomic mass is 16.6. The van der Waals surface area contributed by atoms with Gasteiger partial charge in [-0.25, -0.2) is 0 Å². The number of carbonyl (C=O) groups excluding carboxylic acids is 1. The maximum Gasteiger partial charge on any atom is 0.217 e. The Morgan fingerprint density at radius 1 is 1.13 bits per heavy atom. The highest BCUT2D eigenvalue weighted by Gasteiger charge is 2.30. The molecule has 2 aromatic rings. The normalized spacial score (nSPS) is 19.1. The fraction of sp³-hybridized carbons (Fsp3) is 0.435. The van der Waals surface area contributed by atoms with Crippen molar-refractivity contribution in [2.75, 3.05) is 34.5 Å². The smallest absolute Gasteiger partial charge is 0.217 e. The molecule has 7 heteroatoms. The zero-order chi connectivity index (χ0) is 21.3. The molecular weight excluding hydrogens is 386 g/mol. The first-order chi connectivity index (χ1) is 14.5. The zero-order valence-electron chi connectivity index (χ0n) is 17.7. The molecule has 4 rings (SSSR count). The molecule has 0 spiro atoms. The number of carbonyl (C=O) groups is 1. The van der Waals surface area contributed by atoms with Crippen molar-refractivity contribution < 1.29 is 28.5 Å². The summed E-state index contributed by atoms with van der Waals surface area (Å²) in [4.78, 5) is 11.9. The Balaban J connectivity index is 1.86. The van der Waals surface area contributed by atoms with E-state index in [1.54, 1.807) is 21.3 Å². The molecule has 160 valence electrons. The molecule has 0 saturated carbocycles. The van der Waals surface area contributed by atoms with E-state index in [-0.39, 0.29) is 18.1 Å². The summed E-state index contributed by atoms with van der Waals surface area (Å²) in [5.41, 5.74) is 4.01. The molecule has 1 unspecified atom stereocenters. The minimum absolute atomic E-state index is 0.0725. The third-order valence-corrected chi connectivity index (χ3v) is 5.50. The number of rotatable bonds is 7. The highest BCUT2D eigenvalue weighted by molar-refractivity contribution is 5.84. The van der Waals surface area contributed by atoms with Gasteiger partial charge < -0.3 is 29.0 Å². The summed E-state index contributed by atoms with van der Waals surface area (Å²) in [5.74, 6) is 2.47. The summed E-state index contributed by atoms with van der Waals surface area (Å²) < 4.78 is 28.1. The van der Waals surface area contributed by atoms with Crippen LogP contribution in [0.5, 0.6) is 23.0 Å². The Morgan fingerprint density at radius 2 is 1.90 bits per heavy atom. The molecule has 2 aliphatic rings. The van der Waals surface area contributed by atoms with Gasteiger partial charge in [0.25, 0.3) is 0 Å². The molecule has 1 heterocycles. The summed E-state index contributed by atoms with van der Waals surface area (Å²) in [6.45, 7) is 2.80. The largest absolute Gasteiger partial charge is 0.493 e. The number of epoxide rings is 1. The van der Waals surface area contributed by atoms with Gasteiger partial charge in [-0.3, -0.25) is 4.79 Å². The molecule has 0 bridgehead atoms. The van der Waals surface area contributed by atoms with Crippen LogP contribution in [-0.4, -0.2) is 46.6 Å². The molecule has 7 nitrogen and oxygen atoms in total. The first-order valence-electron chi connectivity index (χ1n) is 10.0. The number of fused-ring (bicyclic) bond motifs is 3. The van der Waals surface area contributed by atoms with Crippen LogP contribution in [0.1, 0.15) is 30.5 Å². The molecule has 0 radical (unpaired) electrons. The van der Waals surface area contributed by atoms with Gasteiger partial charge in [-0.1, -0.05) is 6.07 Å². The Labute approximate surface area is 176 Å². The Hall–Kier alpha value is -2.93. The van der Waals surface area contributed by atoms with E-state index in [1.807, 2.05) is 24.3 Å². The van der Waals surface area contributed by atoms with Gasteiger partial charge in [0, 0.05) is 12.5 Å². The van der Waals surface area contributed by atoms with E-state index in [0.29, 0.717) is 23.9 Å². The summed E-state index contributed by atoms with van der Waals surface area (Å²) in [6, 6.07) is 7.81. The van der Waals surface area contributed by atoms with Crippen molar-refractivity contribution in [3.05, 3.63) is 35.4 Å². The molecule has 1 aliphatic carbocycles. The lowest BCUT2D eigenvalue weighted by molar-refractivity contribution is -0.119. The summed E-state index contributed by atoms with van der Waals surface area (Å²) in [6.07, 6.45) is 1.66. The van der Waals surface area contributed by atoms with Gasteiger partial charge in [-0.05, 0) is 47.7 Å². The average Bonchev–Trinajstić information content (AvgIpc) is 3.58. The number of amides is 1. The third-order valence-electron chi connectivity index (χ3n) is 5.50.